The highest BCUT2D eigenvalue weighted by Crippen LogP contribution is 2.39. The molecule has 2 aromatic heterocycles. The van der Waals surface area contributed by atoms with Crippen LogP contribution in [0.25, 0.3) is 22.2 Å². The highest BCUT2D eigenvalue weighted by Gasteiger charge is 2.26. The molecular weight excluding hydrogens is 488 g/mol. The van der Waals surface area contributed by atoms with Gasteiger partial charge in [-0.05, 0) is 51.2 Å². The van der Waals surface area contributed by atoms with Gasteiger partial charge >= 0.3 is 0 Å². The predicted octanol–water partition coefficient (Wildman–Crippen LogP) is 5.01. The number of piperazine rings is 1. The Bertz CT molecular complexity index is 1480. The lowest BCUT2D eigenvalue weighted by molar-refractivity contribution is 0.287. The third-order valence-corrected chi connectivity index (χ3v) is 7.27. The molecule has 0 bridgehead atoms. The molecule has 0 radical (unpaired) electrons. The minimum absolute atomic E-state index is 0.0203. The summed E-state index contributed by atoms with van der Waals surface area (Å²) in [5.74, 6) is -0.0831. The summed E-state index contributed by atoms with van der Waals surface area (Å²) in [4.78, 5) is 18.7. The first-order chi connectivity index (χ1) is 18.4. The molecule has 1 saturated heterocycles. The maximum atomic E-state index is 15.0. The number of hydrogen-bond donors (Lipinski definition) is 2. The number of hydrogen-bond acceptors (Lipinski definition) is 7. The van der Waals surface area contributed by atoms with Gasteiger partial charge in [0, 0.05) is 54.4 Å². The van der Waals surface area contributed by atoms with E-state index in [1.807, 2.05) is 24.8 Å². The molecule has 6 rings (SSSR count). The molecule has 4 heterocycles. The number of aromatic nitrogens is 3. The van der Waals surface area contributed by atoms with Crippen LogP contribution in [0.4, 0.5) is 31.9 Å². The Kier molecular flexibility index (Phi) is 6.27. The van der Waals surface area contributed by atoms with Crippen LogP contribution in [0.3, 0.4) is 0 Å². The highest BCUT2D eigenvalue weighted by molar-refractivity contribution is 5.87. The van der Waals surface area contributed by atoms with Gasteiger partial charge in [0.15, 0.2) is 17.4 Å². The summed E-state index contributed by atoms with van der Waals surface area (Å²) in [6.07, 6.45) is 1.10. The first-order valence-corrected chi connectivity index (χ1v) is 12.9. The van der Waals surface area contributed by atoms with Gasteiger partial charge in [-0.2, -0.15) is 0 Å². The first kappa shape index (κ1) is 24.4. The van der Waals surface area contributed by atoms with Crippen molar-refractivity contribution in [2.75, 3.05) is 61.5 Å². The van der Waals surface area contributed by atoms with E-state index in [1.54, 1.807) is 6.07 Å². The van der Waals surface area contributed by atoms with Crippen molar-refractivity contribution in [2.24, 2.45) is 0 Å². The molecule has 198 valence electrons. The number of rotatable bonds is 5. The van der Waals surface area contributed by atoms with Gasteiger partial charge in [-0.25, -0.2) is 18.7 Å². The monoisotopic (exact) mass is 519 g/mol. The van der Waals surface area contributed by atoms with Crippen LogP contribution in [0, 0.1) is 11.6 Å². The van der Waals surface area contributed by atoms with Gasteiger partial charge in [-0.1, -0.05) is 6.07 Å². The number of aromatic amines is 1. The summed E-state index contributed by atoms with van der Waals surface area (Å²) in [6.45, 7) is 9.15. The second kappa shape index (κ2) is 9.75. The molecule has 0 amide bonds. The minimum Gasteiger partial charge on any atom is -0.486 e. The quantitative estimate of drug-likeness (QED) is 0.384. The summed E-state index contributed by atoms with van der Waals surface area (Å²) >= 11 is 0. The molecule has 0 saturated carbocycles. The lowest BCUT2D eigenvalue weighted by Gasteiger charge is -2.34. The Balaban J connectivity index is 1.28. The number of likely N-dealkylation sites (N-methyl/N-ethyl adjacent to an activating group) is 1. The number of fused-ring (bicyclic) bond motifs is 2. The summed E-state index contributed by atoms with van der Waals surface area (Å²) in [5.41, 5.74) is 3.10. The van der Waals surface area contributed by atoms with Gasteiger partial charge in [0.2, 0.25) is 5.95 Å². The van der Waals surface area contributed by atoms with Crippen LogP contribution in [0.2, 0.25) is 0 Å². The molecule has 2 aromatic carbocycles. The van der Waals surface area contributed by atoms with Crippen molar-refractivity contribution < 1.29 is 13.5 Å². The smallest absolute Gasteiger partial charge is 0.229 e. The number of nitrogens with one attached hydrogen (secondary N) is 2. The van der Waals surface area contributed by atoms with E-state index in [0.717, 1.165) is 43.3 Å². The summed E-state index contributed by atoms with van der Waals surface area (Å²) in [6, 6.07) is 11.5. The largest absolute Gasteiger partial charge is 0.486 e. The molecule has 38 heavy (non-hydrogen) atoms. The average Bonchev–Trinajstić information content (AvgIpc) is 3.31. The molecule has 10 heteroatoms. The predicted molar refractivity (Wildman–Crippen MR) is 147 cm³/mol. The molecule has 0 aliphatic carbocycles. The second-order valence-electron chi connectivity index (χ2n) is 10.2. The topological polar surface area (TPSA) is 72.6 Å². The number of H-pyrrole nitrogens is 1. The normalized spacial score (nSPS) is 16.2. The molecule has 1 fully saturated rings. The molecule has 8 nitrogen and oxygen atoms in total. The van der Waals surface area contributed by atoms with Crippen LogP contribution >= 0.6 is 0 Å². The molecule has 0 atom stereocenters. The van der Waals surface area contributed by atoms with Crippen LogP contribution in [0.1, 0.15) is 13.8 Å². The fourth-order valence-corrected chi connectivity index (χ4v) is 5.17. The fourth-order valence-electron chi connectivity index (χ4n) is 5.17. The standard InChI is InChI=1S/C28H31F2N7O/c1-17(2)37-10-11-38-27-21(29)12-19(13-24(27)37)26-22(30)16-31-28(34-26)33-25-14-18-4-5-20(15-23(18)32-25)36-8-6-35(3)7-9-36/h4-5,12-17,32H,6-11H2,1-3H3,(H,31,33,34). The van der Waals surface area contributed by atoms with Crippen molar-refractivity contribution in [1.82, 2.24) is 19.9 Å². The van der Waals surface area contributed by atoms with Gasteiger partial charge in [-0.3, -0.25) is 0 Å². The number of anilines is 4. The van der Waals surface area contributed by atoms with Crippen molar-refractivity contribution in [3.63, 3.8) is 0 Å². The number of halogens is 2. The molecule has 0 spiro atoms. The Morgan fingerprint density at radius 3 is 2.61 bits per heavy atom. The molecule has 0 unspecified atom stereocenters. The van der Waals surface area contributed by atoms with Crippen LogP contribution in [0.5, 0.6) is 5.75 Å². The SMILES string of the molecule is CC(C)N1CCOc2c(F)cc(-c3nc(Nc4cc5ccc(N6CCN(C)CC6)cc5[nH]4)ncc3F)cc21. The Labute approximate surface area is 220 Å². The highest BCUT2D eigenvalue weighted by atomic mass is 19.1. The van der Waals surface area contributed by atoms with Crippen LogP contribution in [-0.4, -0.2) is 72.3 Å². The zero-order valence-corrected chi connectivity index (χ0v) is 21.8. The number of benzene rings is 2. The summed E-state index contributed by atoms with van der Waals surface area (Å²) < 4.78 is 35.5. The van der Waals surface area contributed by atoms with E-state index in [2.05, 4.69) is 55.3 Å². The van der Waals surface area contributed by atoms with E-state index in [4.69, 9.17) is 4.74 Å². The van der Waals surface area contributed by atoms with E-state index in [0.29, 0.717) is 30.2 Å². The van der Waals surface area contributed by atoms with E-state index < -0.39 is 11.6 Å². The third kappa shape index (κ3) is 4.60. The van der Waals surface area contributed by atoms with Crippen LogP contribution in [0.15, 0.2) is 42.6 Å². The van der Waals surface area contributed by atoms with Gasteiger partial charge in [-0.15, -0.1) is 0 Å². The Hall–Kier alpha value is -3.92. The van der Waals surface area contributed by atoms with Gasteiger partial charge in [0.05, 0.1) is 18.4 Å². The van der Waals surface area contributed by atoms with Gasteiger partial charge in [0.1, 0.15) is 18.1 Å². The molecule has 2 aliphatic heterocycles. The van der Waals surface area contributed by atoms with E-state index in [9.17, 15) is 8.78 Å². The summed E-state index contributed by atoms with van der Waals surface area (Å²) in [5, 5.41) is 4.19. The first-order valence-electron chi connectivity index (χ1n) is 12.9. The fraction of sp³-hybridized carbons (Fsp3) is 0.357. The zero-order chi connectivity index (χ0) is 26.4. The van der Waals surface area contributed by atoms with Crippen molar-refractivity contribution in [1.29, 1.82) is 0 Å². The molecule has 2 N–H and O–H groups in total. The zero-order valence-electron chi connectivity index (χ0n) is 21.8. The number of nitrogens with zero attached hydrogens (tertiary/aromatic N) is 5. The van der Waals surface area contributed by atoms with Gasteiger partial charge in [0.25, 0.3) is 0 Å². The molecule has 2 aliphatic rings. The molecular formula is C28H31F2N7O. The van der Waals surface area contributed by atoms with E-state index in [-0.39, 0.29) is 23.4 Å². The van der Waals surface area contributed by atoms with Gasteiger partial charge < -0.3 is 29.7 Å². The second-order valence-corrected chi connectivity index (χ2v) is 10.2. The van der Waals surface area contributed by atoms with E-state index in [1.165, 1.54) is 11.8 Å². The van der Waals surface area contributed by atoms with Crippen molar-refractivity contribution >= 4 is 34.0 Å². The lowest BCUT2D eigenvalue weighted by atomic mass is 10.1. The van der Waals surface area contributed by atoms with Crippen LogP contribution in [-0.2, 0) is 0 Å². The summed E-state index contributed by atoms with van der Waals surface area (Å²) in [7, 11) is 2.14. The Morgan fingerprint density at radius 1 is 1.00 bits per heavy atom. The minimum atomic E-state index is -0.629. The number of ether oxygens (including phenoxy) is 1. The average molecular weight is 520 g/mol. The van der Waals surface area contributed by atoms with Crippen LogP contribution < -0.4 is 19.9 Å². The molecule has 4 aromatic rings. The lowest BCUT2D eigenvalue weighted by Crippen LogP contribution is -2.44. The van der Waals surface area contributed by atoms with E-state index >= 15 is 0 Å². The van der Waals surface area contributed by atoms with Crippen molar-refractivity contribution in [3.8, 4) is 17.0 Å². The van der Waals surface area contributed by atoms with Crippen molar-refractivity contribution in [3.05, 3.63) is 54.2 Å². The van der Waals surface area contributed by atoms with Crippen molar-refractivity contribution in [2.45, 2.75) is 19.9 Å². The maximum absolute atomic E-state index is 15.0. The maximum Gasteiger partial charge on any atom is 0.229 e. The Morgan fingerprint density at radius 2 is 1.82 bits per heavy atom. The third-order valence-electron chi connectivity index (χ3n) is 7.27.